The maximum absolute atomic E-state index is 11.6. The smallest absolute Gasteiger partial charge is 0.342 e. The van der Waals surface area contributed by atoms with Gasteiger partial charge in [-0.1, -0.05) is 12.1 Å². The third kappa shape index (κ3) is 5.81. The van der Waals surface area contributed by atoms with Gasteiger partial charge in [0.05, 0.1) is 13.2 Å². The van der Waals surface area contributed by atoms with Crippen LogP contribution >= 0.6 is 0 Å². The Bertz CT molecular complexity index is 873. The minimum Gasteiger partial charge on any atom is -0.422 e. The molecule has 1 atom stereocenters. The van der Waals surface area contributed by atoms with Crippen LogP contribution in [0.2, 0.25) is 0 Å². The number of rotatable bonds is 8. The number of likely N-dealkylation sites (N-methyl/N-ethyl adjacent to an activating group) is 1. The van der Waals surface area contributed by atoms with Gasteiger partial charge < -0.3 is 31.3 Å². The van der Waals surface area contributed by atoms with Crippen LogP contribution in [0.15, 0.2) is 46.6 Å². The molecule has 11 heteroatoms. The van der Waals surface area contributed by atoms with Crippen molar-refractivity contribution in [3.63, 3.8) is 0 Å². The molecule has 28 heavy (non-hydrogen) atoms. The number of aromatic nitrogens is 1. The normalized spacial score (nSPS) is 12.0. The number of carbonyl (C=O) groups is 2. The van der Waals surface area contributed by atoms with Gasteiger partial charge in [0, 0.05) is 0 Å². The number of ether oxygens (including phenoxy) is 1. The number of para-hydroxylation sites is 1. The third-order valence-corrected chi connectivity index (χ3v) is 3.29. The molecule has 148 valence electrons. The molecule has 0 aliphatic heterocycles. The minimum atomic E-state index is -1.66. The van der Waals surface area contributed by atoms with E-state index in [0.717, 1.165) is 0 Å². The van der Waals surface area contributed by atoms with Gasteiger partial charge in [-0.05, 0) is 31.3 Å². The molecule has 6 N–H and O–H groups in total. The van der Waals surface area contributed by atoms with Crippen molar-refractivity contribution in [1.82, 2.24) is 10.3 Å². The van der Waals surface area contributed by atoms with Crippen LogP contribution in [-0.4, -0.2) is 53.4 Å². The molecule has 0 saturated carbocycles. The van der Waals surface area contributed by atoms with E-state index in [9.17, 15) is 14.7 Å². The maximum atomic E-state index is 11.6. The average molecular weight is 388 g/mol. The zero-order chi connectivity index (χ0) is 20.5. The van der Waals surface area contributed by atoms with E-state index in [4.69, 9.17) is 15.6 Å². The van der Waals surface area contributed by atoms with Crippen LogP contribution in [0, 0.1) is 0 Å². The molecule has 2 rings (SSSR count). The molecule has 1 heterocycles. The number of nitrogen functional groups attached to an aromatic ring is 1. The monoisotopic (exact) mass is 388 g/mol. The lowest BCUT2D eigenvalue weighted by atomic mass is 10.3. The Morgan fingerprint density at radius 2 is 1.93 bits per heavy atom. The zero-order valence-electron chi connectivity index (χ0n) is 15.0. The van der Waals surface area contributed by atoms with Gasteiger partial charge in [0.25, 0.3) is 0 Å². The molecule has 1 aromatic carbocycles. The summed E-state index contributed by atoms with van der Waals surface area (Å²) in [4.78, 5) is 27.2. The Balaban J connectivity index is 2.15. The van der Waals surface area contributed by atoms with Crippen molar-refractivity contribution in [2.45, 2.75) is 6.10 Å². The summed E-state index contributed by atoms with van der Waals surface area (Å²) < 4.78 is 5.00. The number of hydrogen-bond donors (Lipinski definition) is 5. The van der Waals surface area contributed by atoms with Crippen LogP contribution in [0.25, 0.3) is 0 Å². The van der Waals surface area contributed by atoms with Gasteiger partial charge in [-0.15, -0.1) is 10.2 Å². The summed E-state index contributed by atoms with van der Waals surface area (Å²) in [6.07, 6.45) is -1.66. The van der Waals surface area contributed by atoms with E-state index in [1.165, 1.54) is 24.3 Å². The number of anilines is 2. The first-order chi connectivity index (χ1) is 13.4. The number of carbonyl (C=O) groups excluding carboxylic acids is 2. The summed E-state index contributed by atoms with van der Waals surface area (Å²) >= 11 is 0. The van der Waals surface area contributed by atoms with Crippen molar-refractivity contribution in [1.29, 1.82) is 0 Å². The number of esters is 1. The molecule has 1 aromatic heterocycles. The number of nitrogens with one attached hydrogen (secondary N) is 2. The molecule has 0 unspecified atom stereocenters. The zero-order valence-corrected chi connectivity index (χ0v) is 15.0. The molecule has 0 aliphatic rings. The summed E-state index contributed by atoms with van der Waals surface area (Å²) in [7, 11) is 1.64. The highest BCUT2D eigenvalue weighted by Gasteiger charge is 2.17. The van der Waals surface area contributed by atoms with E-state index >= 15 is 0 Å². The Kier molecular flexibility index (Phi) is 7.51. The number of nitrogens with zero attached hydrogens (tertiary/aromatic N) is 3. The van der Waals surface area contributed by atoms with E-state index in [-0.39, 0.29) is 41.2 Å². The second-order valence-electron chi connectivity index (χ2n) is 5.47. The van der Waals surface area contributed by atoms with Gasteiger partial charge in [-0.3, -0.25) is 4.79 Å². The van der Waals surface area contributed by atoms with E-state index < -0.39 is 18.7 Å². The Labute approximate surface area is 160 Å². The van der Waals surface area contributed by atoms with Gasteiger partial charge in [0.15, 0.2) is 17.7 Å². The first kappa shape index (κ1) is 20.9. The van der Waals surface area contributed by atoms with E-state index in [2.05, 4.69) is 25.8 Å². The fourth-order valence-corrected chi connectivity index (χ4v) is 1.95. The van der Waals surface area contributed by atoms with E-state index in [1.807, 2.05) is 0 Å². The molecule has 11 nitrogen and oxygen atoms in total. The molecule has 0 radical (unpaired) electrons. The van der Waals surface area contributed by atoms with Crippen LogP contribution < -0.4 is 21.1 Å². The minimum absolute atomic E-state index is 0.0381. The summed E-state index contributed by atoms with van der Waals surface area (Å²) in [5, 5.41) is 31.3. The Hall–Kier alpha value is -3.41. The SMILES string of the molecule is CNCC(=O)Nc1ccc(/N=N/c2ccccc2OC(=O)[C@@H](O)CO)c(N)n1. The fourth-order valence-electron chi connectivity index (χ4n) is 1.95. The average Bonchev–Trinajstić information content (AvgIpc) is 2.67. The largest absolute Gasteiger partial charge is 0.422 e. The van der Waals surface area contributed by atoms with E-state index in [0.29, 0.717) is 0 Å². The molecule has 1 amide bonds. The molecule has 0 spiro atoms. The highest BCUT2D eigenvalue weighted by Crippen LogP contribution is 2.30. The summed E-state index contributed by atoms with van der Waals surface area (Å²) in [6, 6.07) is 9.28. The Morgan fingerprint density at radius 1 is 1.21 bits per heavy atom. The molecular formula is C17H20N6O5. The van der Waals surface area contributed by atoms with Crippen molar-refractivity contribution in [2.75, 3.05) is 31.2 Å². The van der Waals surface area contributed by atoms with Crippen molar-refractivity contribution in [3.05, 3.63) is 36.4 Å². The summed E-state index contributed by atoms with van der Waals surface area (Å²) in [5.41, 5.74) is 6.27. The van der Waals surface area contributed by atoms with Crippen LogP contribution in [-0.2, 0) is 9.59 Å². The first-order valence-corrected chi connectivity index (χ1v) is 8.17. The van der Waals surface area contributed by atoms with Crippen LogP contribution in [0.3, 0.4) is 0 Å². The number of amides is 1. The second-order valence-corrected chi connectivity index (χ2v) is 5.47. The molecule has 0 aliphatic carbocycles. The van der Waals surface area contributed by atoms with Crippen molar-refractivity contribution < 1.29 is 24.5 Å². The van der Waals surface area contributed by atoms with Crippen molar-refractivity contribution in [2.24, 2.45) is 10.2 Å². The van der Waals surface area contributed by atoms with Gasteiger partial charge in [0.1, 0.15) is 17.2 Å². The summed E-state index contributed by atoms with van der Waals surface area (Å²) in [5.74, 6) is -0.941. The second kappa shape index (κ2) is 10.1. The van der Waals surface area contributed by atoms with E-state index in [1.54, 1.807) is 19.2 Å². The number of aliphatic hydroxyl groups is 2. The van der Waals surface area contributed by atoms with Gasteiger partial charge in [-0.25, -0.2) is 9.78 Å². The van der Waals surface area contributed by atoms with Gasteiger partial charge >= 0.3 is 5.97 Å². The number of nitrogens with two attached hydrogens (primary N) is 1. The van der Waals surface area contributed by atoms with Crippen molar-refractivity contribution >= 4 is 34.9 Å². The number of azo groups is 1. The van der Waals surface area contributed by atoms with Gasteiger partial charge in [0.2, 0.25) is 5.91 Å². The standard InChI is InChI=1S/C17H20N6O5/c1-19-8-15(26)20-14-7-6-11(16(18)21-14)23-22-10-4-2-3-5-13(10)28-17(27)12(25)9-24/h2-7,12,19,24-25H,8-9H2,1H3,(H3,18,20,21,26)/b23-22+/t12-/m0/s1. The molecule has 2 aromatic rings. The number of pyridine rings is 1. The number of hydrogen-bond acceptors (Lipinski definition) is 10. The molecule has 0 fully saturated rings. The lowest BCUT2D eigenvalue weighted by Crippen LogP contribution is -2.28. The van der Waals surface area contributed by atoms with Crippen LogP contribution in [0.5, 0.6) is 5.75 Å². The third-order valence-electron chi connectivity index (χ3n) is 3.29. The molecular weight excluding hydrogens is 368 g/mol. The topological polar surface area (TPSA) is 172 Å². The number of aliphatic hydroxyl groups excluding tert-OH is 2. The highest BCUT2D eigenvalue weighted by molar-refractivity contribution is 5.91. The predicted octanol–water partition coefficient (Wildman–Crippen LogP) is 0.496. The van der Waals surface area contributed by atoms with Crippen molar-refractivity contribution in [3.8, 4) is 5.75 Å². The lowest BCUT2D eigenvalue weighted by Gasteiger charge is -2.09. The molecule has 0 saturated heterocycles. The lowest BCUT2D eigenvalue weighted by molar-refractivity contribution is -0.145. The summed E-state index contributed by atoms with van der Waals surface area (Å²) in [6.45, 7) is -0.633. The van der Waals surface area contributed by atoms with Gasteiger partial charge in [-0.2, -0.15) is 0 Å². The quantitative estimate of drug-likeness (QED) is 0.247. The van der Waals surface area contributed by atoms with Crippen LogP contribution in [0.1, 0.15) is 0 Å². The first-order valence-electron chi connectivity index (χ1n) is 8.17. The fraction of sp³-hybridized carbons (Fsp3) is 0.235. The Morgan fingerprint density at radius 3 is 2.61 bits per heavy atom. The molecule has 0 bridgehead atoms. The number of benzene rings is 1. The highest BCUT2D eigenvalue weighted by atomic mass is 16.6. The predicted molar refractivity (Wildman–Crippen MR) is 101 cm³/mol. The maximum Gasteiger partial charge on any atom is 0.342 e. The van der Waals surface area contributed by atoms with Crippen LogP contribution in [0.4, 0.5) is 23.0 Å².